The van der Waals surface area contributed by atoms with Crippen molar-refractivity contribution in [3.63, 3.8) is 0 Å². The van der Waals surface area contributed by atoms with Crippen LogP contribution in [-0.4, -0.2) is 35.2 Å². The van der Waals surface area contributed by atoms with E-state index >= 15 is 0 Å². The Balaban J connectivity index is 1.48. The van der Waals surface area contributed by atoms with Gasteiger partial charge in [0.25, 0.3) is 0 Å². The van der Waals surface area contributed by atoms with Crippen molar-refractivity contribution in [1.29, 1.82) is 0 Å². The highest BCUT2D eigenvalue weighted by atomic mass is 35.5. The first-order valence-electron chi connectivity index (χ1n) is 9.70. The van der Waals surface area contributed by atoms with E-state index in [4.69, 9.17) is 37.9 Å². The van der Waals surface area contributed by atoms with E-state index in [1.165, 1.54) is 11.8 Å². The number of halogens is 2. The molecule has 0 saturated heterocycles. The lowest BCUT2D eigenvalue weighted by Crippen LogP contribution is -2.17. The van der Waals surface area contributed by atoms with Gasteiger partial charge >= 0.3 is 0 Å². The Bertz CT molecular complexity index is 1020. The van der Waals surface area contributed by atoms with Gasteiger partial charge in [-0.25, -0.2) is 4.99 Å². The lowest BCUT2D eigenvalue weighted by Gasteiger charge is -2.14. The molecule has 30 heavy (non-hydrogen) atoms. The van der Waals surface area contributed by atoms with Crippen LogP contribution in [0.2, 0.25) is 10.0 Å². The number of hydrogen-bond donors (Lipinski definition) is 1. The van der Waals surface area contributed by atoms with E-state index in [9.17, 15) is 4.79 Å². The molecule has 1 saturated carbocycles. The van der Waals surface area contributed by atoms with Gasteiger partial charge in [-0.3, -0.25) is 9.79 Å². The second-order valence-electron chi connectivity index (χ2n) is 7.26. The first-order valence-corrected chi connectivity index (χ1v) is 11.4. The fraction of sp³-hybridized carbons (Fsp3) is 0.318. The Morgan fingerprint density at radius 1 is 1.10 bits per heavy atom. The number of methoxy groups -OCH3 is 1. The molecule has 8 heteroatoms. The topological polar surface area (TPSA) is 63.0 Å². The molecule has 2 aromatic carbocycles. The molecule has 4 rings (SSSR count). The second kappa shape index (κ2) is 9.00. The van der Waals surface area contributed by atoms with Crippen molar-refractivity contribution in [1.82, 2.24) is 0 Å². The van der Waals surface area contributed by atoms with Crippen molar-refractivity contribution in [3.8, 4) is 5.75 Å². The molecule has 2 aliphatic rings. The first kappa shape index (κ1) is 21.2. The monoisotopic (exact) mass is 461 g/mol. The molecule has 0 aromatic heterocycles. The van der Waals surface area contributed by atoms with Crippen LogP contribution >= 0.6 is 35.0 Å². The third kappa shape index (κ3) is 4.66. The first-order chi connectivity index (χ1) is 14.5. The van der Waals surface area contributed by atoms with Gasteiger partial charge in [-0.2, -0.15) is 0 Å². The van der Waals surface area contributed by atoms with Gasteiger partial charge in [0.05, 0.1) is 28.6 Å². The van der Waals surface area contributed by atoms with E-state index in [0.29, 0.717) is 10.0 Å². The lowest BCUT2D eigenvalue weighted by atomic mass is 10.1. The van der Waals surface area contributed by atoms with E-state index in [0.717, 1.165) is 53.4 Å². The van der Waals surface area contributed by atoms with E-state index in [-0.39, 0.29) is 11.7 Å². The van der Waals surface area contributed by atoms with Gasteiger partial charge in [-0.05, 0) is 62.1 Å². The molecule has 156 valence electrons. The van der Waals surface area contributed by atoms with Crippen molar-refractivity contribution in [2.24, 2.45) is 9.98 Å². The largest absolute Gasteiger partial charge is 0.497 e. The summed E-state index contributed by atoms with van der Waals surface area (Å²) >= 11 is 13.7. The normalized spacial score (nSPS) is 17.0. The zero-order valence-corrected chi connectivity index (χ0v) is 18.8. The summed E-state index contributed by atoms with van der Waals surface area (Å²) < 4.78 is 5.14. The summed E-state index contributed by atoms with van der Waals surface area (Å²) in [4.78, 5) is 22.4. The van der Waals surface area contributed by atoms with Crippen molar-refractivity contribution in [3.05, 3.63) is 58.1 Å². The van der Waals surface area contributed by atoms with E-state index in [1.54, 1.807) is 13.2 Å². The Labute approximate surface area is 189 Å². The Morgan fingerprint density at radius 3 is 2.50 bits per heavy atom. The lowest BCUT2D eigenvalue weighted by molar-refractivity contribution is -0.113. The maximum absolute atomic E-state index is 12.5. The van der Waals surface area contributed by atoms with Crippen molar-refractivity contribution in [2.45, 2.75) is 31.3 Å². The van der Waals surface area contributed by atoms with Gasteiger partial charge in [0.1, 0.15) is 10.8 Å². The Kier molecular flexibility index (Phi) is 6.37. The smallest absolute Gasteiger partial charge is 0.234 e. The summed E-state index contributed by atoms with van der Waals surface area (Å²) in [6.45, 7) is 0. The number of thioether (sulfide) groups is 1. The predicted octanol–water partition coefficient (Wildman–Crippen LogP) is 5.85. The van der Waals surface area contributed by atoms with Crippen LogP contribution < -0.4 is 10.1 Å². The van der Waals surface area contributed by atoms with Crippen molar-refractivity contribution >= 4 is 57.3 Å². The van der Waals surface area contributed by atoms with E-state index in [2.05, 4.69) is 5.32 Å². The van der Waals surface area contributed by atoms with E-state index < -0.39 is 5.66 Å². The summed E-state index contributed by atoms with van der Waals surface area (Å²) in [5, 5.41) is 4.66. The zero-order valence-electron chi connectivity index (χ0n) is 16.5. The number of aliphatic imine (C=N–C) groups is 2. The summed E-state index contributed by atoms with van der Waals surface area (Å²) in [5.74, 6) is 0.877. The number of carbonyl (C=O) groups excluding carboxylic acids is 1. The molecular formula is C22H21Cl2N3O2S. The maximum Gasteiger partial charge on any atom is 0.234 e. The molecule has 1 heterocycles. The van der Waals surface area contributed by atoms with Crippen molar-refractivity contribution < 1.29 is 9.53 Å². The van der Waals surface area contributed by atoms with Gasteiger partial charge in [0, 0.05) is 11.3 Å². The van der Waals surface area contributed by atoms with Crippen LogP contribution in [-0.2, 0) is 4.79 Å². The molecule has 1 fully saturated rings. The molecule has 2 aromatic rings. The van der Waals surface area contributed by atoms with Crippen molar-refractivity contribution in [2.75, 3.05) is 18.2 Å². The molecule has 0 radical (unpaired) electrons. The molecule has 1 aliphatic carbocycles. The number of nitrogens with one attached hydrogen (secondary N) is 1. The molecule has 1 aliphatic heterocycles. The molecule has 1 amide bonds. The maximum atomic E-state index is 12.5. The third-order valence-electron chi connectivity index (χ3n) is 5.14. The van der Waals surface area contributed by atoms with Gasteiger partial charge in [-0.15, -0.1) is 0 Å². The molecular weight excluding hydrogens is 441 g/mol. The molecule has 1 spiro atoms. The molecule has 1 N–H and O–H groups in total. The number of hydrogen-bond acceptors (Lipinski definition) is 5. The highest BCUT2D eigenvalue weighted by molar-refractivity contribution is 8.16. The van der Waals surface area contributed by atoms with Crippen LogP contribution in [0.5, 0.6) is 5.75 Å². The molecule has 5 nitrogen and oxygen atoms in total. The number of nitrogens with zero attached hydrogens (tertiary/aromatic N) is 2. The van der Waals surface area contributed by atoms with Gasteiger partial charge in [0.2, 0.25) is 5.91 Å². The molecule has 0 atom stereocenters. The van der Waals surface area contributed by atoms with Gasteiger partial charge in [0.15, 0.2) is 5.66 Å². The SMILES string of the molecule is COc1ccc(NC(=O)CSC2=NC3(CCCC3)N=C2c2ccc(Cl)c(Cl)c2)cc1. The summed E-state index contributed by atoms with van der Waals surface area (Å²) in [6.07, 6.45) is 4.08. The number of carbonyl (C=O) groups is 1. The average molecular weight is 462 g/mol. The fourth-order valence-electron chi connectivity index (χ4n) is 3.63. The van der Waals surface area contributed by atoms with Crippen LogP contribution in [0.4, 0.5) is 5.69 Å². The predicted molar refractivity (Wildman–Crippen MR) is 126 cm³/mol. The quantitative estimate of drug-likeness (QED) is 0.607. The number of anilines is 1. The second-order valence-corrected chi connectivity index (χ2v) is 9.04. The minimum atomic E-state index is -0.393. The average Bonchev–Trinajstić information content (AvgIpc) is 3.36. The Morgan fingerprint density at radius 2 is 1.83 bits per heavy atom. The van der Waals surface area contributed by atoms with Crippen LogP contribution in [0.3, 0.4) is 0 Å². The van der Waals surface area contributed by atoms with Crippen LogP contribution in [0.1, 0.15) is 31.2 Å². The van der Waals surface area contributed by atoms with Gasteiger partial charge < -0.3 is 10.1 Å². The minimum Gasteiger partial charge on any atom is -0.497 e. The summed E-state index contributed by atoms with van der Waals surface area (Å²) in [7, 11) is 1.61. The van der Waals surface area contributed by atoms with Crippen LogP contribution in [0, 0.1) is 0 Å². The molecule has 0 bridgehead atoms. The third-order valence-corrected chi connectivity index (χ3v) is 6.85. The highest BCUT2D eigenvalue weighted by Crippen LogP contribution is 2.40. The van der Waals surface area contributed by atoms with Crippen LogP contribution in [0.25, 0.3) is 0 Å². The fourth-order valence-corrected chi connectivity index (χ4v) is 4.80. The molecule has 0 unspecified atom stereocenters. The summed E-state index contributed by atoms with van der Waals surface area (Å²) in [5.41, 5.74) is 1.99. The number of ether oxygens (including phenoxy) is 1. The number of benzene rings is 2. The van der Waals surface area contributed by atoms with Crippen LogP contribution in [0.15, 0.2) is 52.4 Å². The number of rotatable bonds is 5. The van der Waals surface area contributed by atoms with E-state index in [1.807, 2.05) is 36.4 Å². The highest BCUT2D eigenvalue weighted by Gasteiger charge is 2.39. The zero-order chi connectivity index (χ0) is 21.1. The minimum absolute atomic E-state index is 0.103. The van der Waals surface area contributed by atoms with Gasteiger partial charge in [-0.1, -0.05) is 41.0 Å². The summed E-state index contributed by atoms with van der Waals surface area (Å²) in [6, 6.07) is 12.7. The Hall–Kier alpha value is -2.02. The standard InChI is InChI=1S/C22H21Cl2N3O2S/c1-29-16-7-5-15(6-8-16)25-19(28)13-30-21-20(14-4-9-17(23)18(24)12-14)26-22(27-21)10-2-3-11-22/h4-9,12H,2-3,10-11,13H2,1H3,(H,25,28). The number of amides is 1.